The lowest BCUT2D eigenvalue weighted by Gasteiger charge is -1.93. The lowest BCUT2D eigenvalue weighted by molar-refractivity contribution is 0.197. The molecule has 1 fully saturated rings. The van der Waals surface area contributed by atoms with Gasteiger partial charge in [-0.2, -0.15) is 0 Å². The largest absolute Gasteiger partial charge is 0.393 e. The highest BCUT2D eigenvalue weighted by Crippen LogP contribution is 2.31. The topological polar surface area (TPSA) is 20.2 Å². The van der Waals surface area contributed by atoms with Gasteiger partial charge in [-0.1, -0.05) is 0 Å². The molecule has 6 heavy (non-hydrogen) atoms. The van der Waals surface area contributed by atoms with E-state index in [9.17, 15) is 0 Å². The molecule has 1 radical (unpaired) electrons. The third-order valence-electron chi connectivity index (χ3n) is 1.17. The van der Waals surface area contributed by atoms with Gasteiger partial charge in [-0.3, -0.25) is 0 Å². The zero-order valence-corrected chi connectivity index (χ0v) is 3.72. The van der Waals surface area contributed by atoms with E-state index in [1.807, 2.05) is 0 Å². The van der Waals surface area contributed by atoms with Crippen molar-refractivity contribution < 1.29 is 5.11 Å². The minimum Gasteiger partial charge on any atom is -0.393 e. The fraction of sp³-hybridized carbons (Fsp3) is 0.800. The Hall–Kier alpha value is -0.0400. The molecule has 0 bridgehead atoms. The highest BCUT2D eigenvalue weighted by Gasteiger charge is 2.25. The molecule has 0 aromatic carbocycles. The molecule has 0 aromatic heterocycles. The Morgan fingerprint density at radius 3 is 2.17 bits per heavy atom. The zero-order chi connectivity index (χ0) is 4.57. The van der Waals surface area contributed by atoms with Gasteiger partial charge in [0, 0.05) is 0 Å². The molecule has 1 aliphatic carbocycles. The Labute approximate surface area is 38.0 Å². The van der Waals surface area contributed by atoms with Crippen LogP contribution in [0.4, 0.5) is 0 Å². The smallest absolute Gasteiger partial charge is 0.0569 e. The summed E-state index contributed by atoms with van der Waals surface area (Å²) in [6.07, 6.45) is 2.08. The van der Waals surface area contributed by atoms with Crippen LogP contribution in [-0.4, -0.2) is 11.2 Å². The molecule has 1 aliphatic rings. The second-order valence-electron chi connectivity index (χ2n) is 1.90. The highest BCUT2D eigenvalue weighted by molar-refractivity contribution is 4.81. The molecule has 0 saturated heterocycles. The molecule has 0 unspecified atom stereocenters. The van der Waals surface area contributed by atoms with Gasteiger partial charge in [-0.25, -0.2) is 0 Å². The van der Waals surface area contributed by atoms with Crippen molar-refractivity contribution in [1.29, 1.82) is 0 Å². The minimum absolute atomic E-state index is 0.287. The van der Waals surface area contributed by atoms with Gasteiger partial charge in [0.15, 0.2) is 0 Å². The van der Waals surface area contributed by atoms with Crippen molar-refractivity contribution in [2.45, 2.75) is 18.9 Å². The van der Waals surface area contributed by atoms with Crippen LogP contribution >= 0.6 is 0 Å². The van der Waals surface area contributed by atoms with E-state index in [1.54, 1.807) is 0 Å². The quantitative estimate of drug-likeness (QED) is 0.494. The summed E-state index contributed by atoms with van der Waals surface area (Å²) in [5, 5.41) is 8.58. The van der Waals surface area contributed by atoms with E-state index in [0.717, 1.165) is 0 Å². The second-order valence-corrected chi connectivity index (χ2v) is 1.90. The Morgan fingerprint density at radius 2 is 2.17 bits per heavy atom. The van der Waals surface area contributed by atoms with E-state index < -0.39 is 0 Å². The maximum absolute atomic E-state index is 8.58. The molecular weight excluding hydrogens is 76.1 g/mol. The van der Waals surface area contributed by atoms with Crippen molar-refractivity contribution in [3.63, 3.8) is 0 Å². The standard InChI is InChI=1S/C5H9O/c1-4(6)5-2-3-5/h4-6H,1-3H2/t4-/m1/s1. The van der Waals surface area contributed by atoms with Crippen LogP contribution in [0.15, 0.2) is 0 Å². The number of aliphatic hydroxyl groups is 1. The summed E-state index contributed by atoms with van der Waals surface area (Å²) in [6.45, 7) is 3.46. The van der Waals surface area contributed by atoms with Crippen molar-refractivity contribution in [1.82, 2.24) is 0 Å². The summed E-state index contributed by atoms with van der Waals surface area (Å²) >= 11 is 0. The van der Waals surface area contributed by atoms with Crippen molar-refractivity contribution in [3.05, 3.63) is 6.92 Å². The van der Waals surface area contributed by atoms with Crippen LogP contribution in [0.1, 0.15) is 12.8 Å². The Morgan fingerprint density at radius 1 is 1.67 bits per heavy atom. The summed E-state index contributed by atoms with van der Waals surface area (Å²) in [5.74, 6) is 0.546. The minimum atomic E-state index is -0.287. The fourth-order valence-corrected chi connectivity index (χ4v) is 0.481. The second kappa shape index (κ2) is 1.23. The SMILES string of the molecule is [CH2][C@@H](O)C1CC1. The highest BCUT2D eigenvalue weighted by atomic mass is 16.3. The number of hydrogen-bond acceptors (Lipinski definition) is 1. The fourth-order valence-electron chi connectivity index (χ4n) is 0.481. The molecule has 0 heterocycles. The van der Waals surface area contributed by atoms with Crippen molar-refractivity contribution >= 4 is 0 Å². The normalized spacial score (nSPS) is 27.0. The third-order valence-corrected chi connectivity index (χ3v) is 1.17. The van der Waals surface area contributed by atoms with Crippen LogP contribution in [0.5, 0.6) is 0 Å². The molecule has 0 spiro atoms. The molecule has 1 heteroatoms. The van der Waals surface area contributed by atoms with E-state index in [2.05, 4.69) is 6.92 Å². The van der Waals surface area contributed by atoms with Gasteiger partial charge in [0.25, 0.3) is 0 Å². The van der Waals surface area contributed by atoms with Crippen LogP contribution in [0.2, 0.25) is 0 Å². The first-order chi connectivity index (χ1) is 2.80. The Kier molecular flexibility index (Phi) is 0.845. The summed E-state index contributed by atoms with van der Waals surface area (Å²) < 4.78 is 0. The molecule has 1 N–H and O–H groups in total. The van der Waals surface area contributed by atoms with E-state index in [1.165, 1.54) is 12.8 Å². The summed E-state index contributed by atoms with van der Waals surface area (Å²) in [4.78, 5) is 0. The average Bonchev–Trinajstić information content (AvgIpc) is 2.06. The first kappa shape index (κ1) is 4.13. The summed E-state index contributed by atoms with van der Waals surface area (Å²) in [6, 6.07) is 0. The Bertz CT molecular complexity index is 45.9. The molecule has 0 aliphatic heterocycles. The van der Waals surface area contributed by atoms with Gasteiger partial charge in [0.05, 0.1) is 6.10 Å². The lowest BCUT2D eigenvalue weighted by atomic mass is 10.3. The van der Waals surface area contributed by atoms with Gasteiger partial charge in [0.1, 0.15) is 0 Å². The maximum atomic E-state index is 8.58. The van der Waals surface area contributed by atoms with Gasteiger partial charge in [0.2, 0.25) is 0 Å². The maximum Gasteiger partial charge on any atom is 0.0569 e. The van der Waals surface area contributed by atoms with E-state index in [-0.39, 0.29) is 6.10 Å². The van der Waals surface area contributed by atoms with E-state index in [0.29, 0.717) is 5.92 Å². The van der Waals surface area contributed by atoms with Crippen molar-refractivity contribution in [3.8, 4) is 0 Å². The van der Waals surface area contributed by atoms with Crippen LogP contribution < -0.4 is 0 Å². The Balaban J connectivity index is 2.13. The van der Waals surface area contributed by atoms with E-state index in [4.69, 9.17) is 5.11 Å². The first-order valence-electron chi connectivity index (χ1n) is 2.32. The zero-order valence-electron chi connectivity index (χ0n) is 3.72. The molecule has 0 aromatic rings. The lowest BCUT2D eigenvalue weighted by Crippen LogP contribution is -2.00. The van der Waals surface area contributed by atoms with Gasteiger partial charge < -0.3 is 5.11 Å². The molecule has 1 rings (SSSR count). The van der Waals surface area contributed by atoms with Crippen LogP contribution in [0, 0.1) is 12.8 Å². The van der Waals surface area contributed by atoms with E-state index >= 15 is 0 Å². The van der Waals surface area contributed by atoms with Crippen molar-refractivity contribution in [2.24, 2.45) is 5.92 Å². The van der Waals surface area contributed by atoms with Gasteiger partial charge in [-0.05, 0) is 25.7 Å². The molecule has 1 saturated carbocycles. The van der Waals surface area contributed by atoms with Crippen LogP contribution in [0.25, 0.3) is 0 Å². The first-order valence-corrected chi connectivity index (χ1v) is 2.32. The van der Waals surface area contributed by atoms with Gasteiger partial charge >= 0.3 is 0 Å². The summed E-state index contributed by atoms with van der Waals surface area (Å²) in [5.41, 5.74) is 0. The summed E-state index contributed by atoms with van der Waals surface area (Å²) in [7, 11) is 0. The molecule has 0 amide bonds. The number of rotatable bonds is 1. The molecular formula is C5H9O. The van der Waals surface area contributed by atoms with Gasteiger partial charge in [-0.15, -0.1) is 0 Å². The molecule has 1 atom stereocenters. The number of hydrogen-bond donors (Lipinski definition) is 1. The predicted octanol–water partition coefficient (Wildman–Crippen LogP) is 0.591. The average molecular weight is 85.1 g/mol. The number of aliphatic hydroxyl groups excluding tert-OH is 1. The molecule has 1 nitrogen and oxygen atoms in total. The van der Waals surface area contributed by atoms with Crippen molar-refractivity contribution in [2.75, 3.05) is 0 Å². The monoisotopic (exact) mass is 85.1 g/mol. The van der Waals surface area contributed by atoms with Crippen LogP contribution in [0.3, 0.4) is 0 Å². The molecule has 35 valence electrons. The predicted molar refractivity (Wildman–Crippen MR) is 24.1 cm³/mol. The van der Waals surface area contributed by atoms with Crippen LogP contribution in [-0.2, 0) is 0 Å². The third kappa shape index (κ3) is 0.716.